The molecule has 0 saturated carbocycles. The minimum Gasteiger partial charge on any atom is -0.484 e. The second kappa shape index (κ2) is 5.89. The summed E-state index contributed by atoms with van der Waals surface area (Å²) in [5.74, 6) is -0.332. The van der Waals surface area contributed by atoms with Crippen molar-refractivity contribution in [3.8, 4) is 5.75 Å². The molecule has 0 aliphatic heterocycles. The van der Waals surface area contributed by atoms with Crippen molar-refractivity contribution in [3.63, 3.8) is 0 Å². The number of ether oxygens (including phenoxy) is 1. The van der Waals surface area contributed by atoms with E-state index in [1.54, 1.807) is 0 Å². The van der Waals surface area contributed by atoms with E-state index in [1.807, 2.05) is 0 Å². The van der Waals surface area contributed by atoms with E-state index in [9.17, 15) is 20.2 Å². The normalized spacial score (nSPS) is 11.9. The van der Waals surface area contributed by atoms with Gasteiger partial charge in [-0.25, -0.2) is 0 Å². The van der Waals surface area contributed by atoms with E-state index in [2.05, 4.69) is 0 Å². The third-order valence-corrected chi connectivity index (χ3v) is 2.00. The Kier molecular flexibility index (Phi) is 4.52. The molecule has 0 saturated heterocycles. The lowest BCUT2D eigenvalue weighted by Gasteiger charge is -2.09. The van der Waals surface area contributed by atoms with Gasteiger partial charge < -0.3 is 14.9 Å². The lowest BCUT2D eigenvalue weighted by atomic mass is 10.2. The third kappa shape index (κ3) is 3.12. The summed E-state index contributed by atoms with van der Waals surface area (Å²) >= 11 is 0. The van der Waals surface area contributed by atoms with Crippen LogP contribution in [0.3, 0.4) is 0 Å². The molecule has 0 aliphatic carbocycles. The largest absolute Gasteiger partial charge is 0.484 e. The maximum Gasteiger partial charge on any atom is 0.387 e. The van der Waals surface area contributed by atoms with Crippen molar-refractivity contribution in [3.05, 3.63) is 38.4 Å². The van der Waals surface area contributed by atoms with Crippen molar-refractivity contribution < 1.29 is 24.8 Å². The highest BCUT2D eigenvalue weighted by Crippen LogP contribution is 2.35. The third-order valence-electron chi connectivity index (χ3n) is 2.00. The van der Waals surface area contributed by atoms with Crippen LogP contribution < -0.4 is 4.74 Å². The van der Waals surface area contributed by atoms with E-state index in [0.717, 1.165) is 6.07 Å². The van der Waals surface area contributed by atoms with Crippen LogP contribution in [-0.2, 0) is 0 Å². The van der Waals surface area contributed by atoms with E-state index >= 15 is 0 Å². The zero-order chi connectivity index (χ0) is 13.7. The van der Waals surface area contributed by atoms with E-state index in [1.165, 1.54) is 12.1 Å². The van der Waals surface area contributed by atoms with Gasteiger partial charge in [-0.1, -0.05) is 6.07 Å². The Hall–Kier alpha value is -2.26. The predicted octanol–water partition coefficient (Wildman–Crippen LogP) is 0.235. The van der Waals surface area contributed by atoms with Gasteiger partial charge >= 0.3 is 11.4 Å². The summed E-state index contributed by atoms with van der Waals surface area (Å²) in [5.41, 5.74) is -1.48. The van der Waals surface area contributed by atoms with Gasteiger partial charge in [0.25, 0.3) is 0 Å². The number of benzene rings is 1. The zero-order valence-corrected chi connectivity index (χ0v) is 9.05. The molecule has 0 amide bonds. The molecule has 98 valence electrons. The minimum atomic E-state index is -1.22. The summed E-state index contributed by atoms with van der Waals surface area (Å²) in [7, 11) is 0. The Morgan fingerprint density at radius 3 is 2.44 bits per heavy atom. The van der Waals surface area contributed by atoms with Crippen LogP contribution >= 0.6 is 0 Å². The monoisotopic (exact) mass is 258 g/mol. The summed E-state index contributed by atoms with van der Waals surface area (Å²) in [6.07, 6.45) is -1.22. The SMILES string of the molecule is O=[N+]([O-])c1cccc(OCC(O)CO)c1[N+](=O)[O-]. The first-order valence-corrected chi connectivity index (χ1v) is 4.81. The van der Waals surface area contributed by atoms with Crippen LogP contribution in [0.15, 0.2) is 18.2 Å². The molecule has 0 aromatic heterocycles. The van der Waals surface area contributed by atoms with Gasteiger partial charge in [0.1, 0.15) is 12.7 Å². The summed E-state index contributed by atoms with van der Waals surface area (Å²) < 4.78 is 4.89. The Morgan fingerprint density at radius 1 is 1.28 bits per heavy atom. The van der Waals surface area contributed by atoms with Crippen LogP contribution in [0.2, 0.25) is 0 Å². The lowest BCUT2D eigenvalue weighted by Crippen LogP contribution is -2.21. The number of aliphatic hydroxyl groups is 2. The summed E-state index contributed by atoms with van der Waals surface area (Å²) in [6.45, 7) is -0.985. The van der Waals surface area contributed by atoms with Gasteiger partial charge in [-0.15, -0.1) is 0 Å². The number of hydrogen-bond donors (Lipinski definition) is 2. The lowest BCUT2D eigenvalue weighted by molar-refractivity contribution is -0.423. The minimum absolute atomic E-state index is 0.332. The zero-order valence-electron chi connectivity index (χ0n) is 9.05. The molecule has 1 aromatic rings. The number of nitro benzene ring substituents is 2. The van der Waals surface area contributed by atoms with Crippen molar-refractivity contribution in [2.75, 3.05) is 13.2 Å². The van der Waals surface area contributed by atoms with E-state index in [0.29, 0.717) is 0 Å². The van der Waals surface area contributed by atoms with Crippen LogP contribution in [0.4, 0.5) is 11.4 Å². The van der Waals surface area contributed by atoms with Crippen molar-refractivity contribution >= 4 is 11.4 Å². The van der Waals surface area contributed by atoms with Crippen molar-refractivity contribution in [1.29, 1.82) is 0 Å². The first-order chi connectivity index (χ1) is 8.47. The molecule has 2 N–H and O–H groups in total. The molecule has 0 fully saturated rings. The number of aliphatic hydroxyl groups excluding tert-OH is 2. The first kappa shape index (κ1) is 13.8. The molecule has 1 rings (SSSR count). The fourth-order valence-electron chi connectivity index (χ4n) is 1.20. The molecule has 0 bridgehead atoms. The molecule has 0 aliphatic rings. The van der Waals surface area contributed by atoms with Crippen LogP contribution in [0.1, 0.15) is 0 Å². The fraction of sp³-hybridized carbons (Fsp3) is 0.333. The van der Waals surface area contributed by atoms with Gasteiger partial charge in [-0.05, 0) is 6.07 Å². The number of nitrogens with zero attached hydrogens (tertiary/aromatic N) is 2. The van der Waals surface area contributed by atoms with Gasteiger partial charge in [0.15, 0.2) is 0 Å². The standard InChI is InChI=1S/C9H10N2O7/c12-4-6(13)5-18-8-3-1-2-7(10(14)15)9(8)11(16)17/h1-3,6,12-13H,4-5H2. The molecule has 1 atom stereocenters. The second-order valence-corrected chi connectivity index (χ2v) is 3.29. The second-order valence-electron chi connectivity index (χ2n) is 3.29. The predicted molar refractivity (Wildman–Crippen MR) is 58.3 cm³/mol. The fourth-order valence-corrected chi connectivity index (χ4v) is 1.20. The highest BCUT2D eigenvalue weighted by Gasteiger charge is 2.29. The maximum atomic E-state index is 10.8. The topological polar surface area (TPSA) is 136 Å². The van der Waals surface area contributed by atoms with Crippen LogP contribution in [0.5, 0.6) is 5.75 Å². The quantitative estimate of drug-likeness (QED) is 0.550. The van der Waals surface area contributed by atoms with Crippen molar-refractivity contribution in [2.24, 2.45) is 0 Å². The van der Waals surface area contributed by atoms with E-state index < -0.39 is 40.5 Å². The van der Waals surface area contributed by atoms with Crippen LogP contribution in [0, 0.1) is 20.2 Å². The molecule has 1 unspecified atom stereocenters. The van der Waals surface area contributed by atoms with Crippen LogP contribution in [-0.4, -0.2) is 39.4 Å². The summed E-state index contributed by atoms with van der Waals surface area (Å²) in [6, 6.07) is 3.38. The molecular weight excluding hydrogens is 248 g/mol. The number of nitro groups is 2. The van der Waals surface area contributed by atoms with E-state index in [-0.39, 0.29) is 5.75 Å². The Morgan fingerprint density at radius 2 is 1.94 bits per heavy atom. The maximum absolute atomic E-state index is 10.8. The molecule has 1 aromatic carbocycles. The average Bonchev–Trinajstić information content (AvgIpc) is 2.34. The molecule has 0 heterocycles. The van der Waals surface area contributed by atoms with Crippen LogP contribution in [0.25, 0.3) is 0 Å². The van der Waals surface area contributed by atoms with E-state index in [4.69, 9.17) is 14.9 Å². The molecule has 9 nitrogen and oxygen atoms in total. The van der Waals surface area contributed by atoms with Crippen molar-refractivity contribution in [2.45, 2.75) is 6.10 Å². The average molecular weight is 258 g/mol. The van der Waals surface area contributed by atoms with Gasteiger partial charge in [0, 0.05) is 6.07 Å². The summed E-state index contributed by atoms with van der Waals surface area (Å²) in [4.78, 5) is 19.6. The Bertz CT molecular complexity index is 462. The highest BCUT2D eigenvalue weighted by atomic mass is 16.6. The Labute approximate surface area is 101 Å². The summed E-state index contributed by atoms with van der Waals surface area (Å²) in [5, 5.41) is 39.0. The van der Waals surface area contributed by atoms with Crippen molar-refractivity contribution in [1.82, 2.24) is 0 Å². The van der Waals surface area contributed by atoms with Gasteiger partial charge in [0.05, 0.1) is 16.5 Å². The molecule has 18 heavy (non-hydrogen) atoms. The molecule has 9 heteroatoms. The highest BCUT2D eigenvalue weighted by molar-refractivity contribution is 5.61. The number of para-hydroxylation sites is 1. The first-order valence-electron chi connectivity index (χ1n) is 4.81. The van der Waals surface area contributed by atoms with Gasteiger partial charge in [-0.3, -0.25) is 20.2 Å². The van der Waals surface area contributed by atoms with Gasteiger partial charge in [-0.2, -0.15) is 0 Å². The number of hydrogen-bond acceptors (Lipinski definition) is 7. The molecule has 0 radical (unpaired) electrons. The molecular formula is C9H10N2O7. The number of rotatable bonds is 6. The van der Waals surface area contributed by atoms with Gasteiger partial charge in [0.2, 0.25) is 5.75 Å². The Balaban J connectivity index is 3.07. The molecule has 0 spiro atoms. The smallest absolute Gasteiger partial charge is 0.387 e.